The van der Waals surface area contributed by atoms with Crippen molar-refractivity contribution in [2.24, 2.45) is 5.92 Å². The van der Waals surface area contributed by atoms with Crippen LogP contribution in [0.25, 0.3) is 0 Å². The van der Waals surface area contributed by atoms with E-state index >= 15 is 0 Å². The van der Waals surface area contributed by atoms with Gasteiger partial charge in [0.1, 0.15) is 5.82 Å². The highest BCUT2D eigenvalue weighted by atomic mass is 19.4. The summed E-state index contributed by atoms with van der Waals surface area (Å²) in [5, 5.41) is 3.11. The largest absolute Gasteiger partial charge is 0.419 e. The Balaban J connectivity index is 2.22. The second-order valence-electron chi connectivity index (χ2n) is 4.34. The molecule has 0 spiro atoms. The second-order valence-corrected chi connectivity index (χ2v) is 4.34. The molecule has 1 nitrogen and oxygen atoms in total. The molecule has 0 aliphatic carbocycles. The molecule has 0 radical (unpaired) electrons. The van der Waals surface area contributed by atoms with Gasteiger partial charge in [0.2, 0.25) is 0 Å². The SMILES string of the molecule is Fc1c(CC2CCNC2)cccc1C(F)(F)F. The standard InChI is InChI=1S/C12H13F4N/c13-11-9(6-8-4-5-17-7-8)2-1-3-10(11)12(14,15)16/h1-3,8,17H,4-7H2. The van der Waals surface area contributed by atoms with Crippen molar-refractivity contribution in [3.8, 4) is 0 Å². The zero-order valence-electron chi connectivity index (χ0n) is 9.15. The summed E-state index contributed by atoms with van der Waals surface area (Å²) in [7, 11) is 0. The molecule has 0 bridgehead atoms. The molecule has 1 aromatic rings. The van der Waals surface area contributed by atoms with Crippen molar-refractivity contribution in [2.45, 2.75) is 19.0 Å². The van der Waals surface area contributed by atoms with Crippen LogP contribution in [0.5, 0.6) is 0 Å². The number of benzene rings is 1. The van der Waals surface area contributed by atoms with Gasteiger partial charge in [-0.2, -0.15) is 13.2 Å². The molecule has 0 saturated carbocycles. The molecule has 17 heavy (non-hydrogen) atoms. The molecule has 1 aliphatic heterocycles. The maximum Gasteiger partial charge on any atom is 0.419 e. The Morgan fingerprint density at radius 3 is 2.65 bits per heavy atom. The minimum absolute atomic E-state index is 0.161. The summed E-state index contributed by atoms with van der Waals surface area (Å²) in [6, 6.07) is 3.48. The van der Waals surface area contributed by atoms with Gasteiger partial charge in [-0.3, -0.25) is 0 Å². The first-order chi connectivity index (χ1) is 7.98. The maximum absolute atomic E-state index is 13.7. The predicted octanol–water partition coefficient (Wildman–Crippen LogP) is 3.00. The third-order valence-corrected chi connectivity index (χ3v) is 3.06. The first kappa shape index (κ1) is 12.4. The van der Waals surface area contributed by atoms with Crippen LogP contribution in [0.1, 0.15) is 17.5 Å². The Hall–Kier alpha value is -1.10. The molecule has 1 heterocycles. The van der Waals surface area contributed by atoms with Gasteiger partial charge < -0.3 is 5.32 Å². The van der Waals surface area contributed by atoms with Gasteiger partial charge in [-0.25, -0.2) is 4.39 Å². The van der Waals surface area contributed by atoms with Crippen molar-refractivity contribution in [3.63, 3.8) is 0 Å². The quantitative estimate of drug-likeness (QED) is 0.792. The Morgan fingerprint density at radius 2 is 2.06 bits per heavy atom. The fraction of sp³-hybridized carbons (Fsp3) is 0.500. The lowest BCUT2D eigenvalue weighted by atomic mass is 9.96. The van der Waals surface area contributed by atoms with Crippen LogP contribution in [0.2, 0.25) is 0 Å². The Morgan fingerprint density at radius 1 is 1.29 bits per heavy atom. The monoisotopic (exact) mass is 247 g/mol. The summed E-state index contributed by atoms with van der Waals surface area (Å²) in [6.45, 7) is 1.60. The van der Waals surface area contributed by atoms with Gasteiger partial charge in [-0.1, -0.05) is 12.1 Å². The molecule has 94 valence electrons. The van der Waals surface area contributed by atoms with Crippen LogP contribution in [-0.4, -0.2) is 13.1 Å². The van der Waals surface area contributed by atoms with E-state index in [2.05, 4.69) is 5.32 Å². The summed E-state index contributed by atoms with van der Waals surface area (Å²) in [5.41, 5.74) is -1.01. The molecule has 2 rings (SSSR count). The highest BCUT2D eigenvalue weighted by molar-refractivity contribution is 5.28. The van der Waals surface area contributed by atoms with E-state index in [4.69, 9.17) is 0 Å². The lowest BCUT2D eigenvalue weighted by molar-refractivity contribution is -0.140. The zero-order valence-corrected chi connectivity index (χ0v) is 9.15. The van der Waals surface area contributed by atoms with E-state index < -0.39 is 17.6 Å². The zero-order chi connectivity index (χ0) is 12.5. The minimum atomic E-state index is -4.62. The molecule has 1 N–H and O–H groups in total. The average Bonchev–Trinajstić information content (AvgIpc) is 2.72. The first-order valence-corrected chi connectivity index (χ1v) is 5.54. The van der Waals surface area contributed by atoms with Crippen molar-refractivity contribution >= 4 is 0 Å². The van der Waals surface area contributed by atoms with Crippen LogP contribution in [0.15, 0.2) is 18.2 Å². The molecule has 1 saturated heterocycles. The van der Waals surface area contributed by atoms with Crippen molar-refractivity contribution in [3.05, 3.63) is 35.1 Å². The lowest BCUT2D eigenvalue weighted by Crippen LogP contribution is -2.14. The Labute approximate surface area is 96.8 Å². The average molecular weight is 247 g/mol. The third kappa shape index (κ3) is 2.77. The van der Waals surface area contributed by atoms with Crippen molar-refractivity contribution in [1.29, 1.82) is 0 Å². The topological polar surface area (TPSA) is 12.0 Å². The molecule has 1 aliphatic rings. The number of nitrogens with one attached hydrogen (secondary N) is 1. The van der Waals surface area contributed by atoms with Crippen LogP contribution in [0.4, 0.5) is 17.6 Å². The minimum Gasteiger partial charge on any atom is -0.316 e. The fourth-order valence-electron chi connectivity index (χ4n) is 2.16. The van der Waals surface area contributed by atoms with E-state index in [-0.39, 0.29) is 11.5 Å². The summed E-state index contributed by atoms with van der Waals surface area (Å²) < 4.78 is 51.2. The number of halogens is 4. The number of hydrogen-bond donors (Lipinski definition) is 1. The van der Waals surface area contributed by atoms with E-state index in [1.165, 1.54) is 12.1 Å². The summed E-state index contributed by atoms with van der Waals surface area (Å²) in [6.07, 6.45) is -3.37. The van der Waals surface area contributed by atoms with Crippen LogP contribution < -0.4 is 5.32 Å². The summed E-state index contributed by atoms with van der Waals surface area (Å²) >= 11 is 0. The lowest BCUT2D eigenvalue weighted by Gasteiger charge is -2.13. The second kappa shape index (κ2) is 4.64. The molecule has 1 unspecified atom stereocenters. The normalized spacial score (nSPS) is 20.8. The molecule has 0 amide bonds. The fourth-order valence-corrected chi connectivity index (χ4v) is 2.16. The van der Waals surface area contributed by atoms with Crippen LogP contribution in [0, 0.1) is 11.7 Å². The molecule has 1 atom stereocenters. The molecule has 5 heteroatoms. The van der Waals surface area contributed by atoms with Crippen molar-refractivity contribution in [2.75, 3.05) is 13.1 Å². The molecule has 1 aromatic carbocycles. The first-order valence-electron chi connectivity index (χ1n) is 5.54. The highest BCUT2D eigenvalue weighted by Crippen LogP contribution is 2.33. The van der Waals surface area contributed by atoms with Gasteiger partial charge in [0.15, 0.2) is 0 Å². The van der Waals surface area contributed by atoms with E-state index in [0.717, 1.165) is 25.6 Å². The molecular weight excluding hydrogens is 234 g/mol. The van der Waals surface area contributed by atoms with Crippen LogP contribution in [0.3, 0.4) is 0 Å². The summed E-state index contributed by atoms with van der Waals surface area (Å²) in [4.78, 5) is 0. The van der Waals surface area contributed by atoms with Gasteiger partial charge in [0.25, 0.3) is 0 Å². The van der Waals surface area contributed by atoms with Gasteiger partial charge in [-0.15, -0.1) is 0 Å². The predicted molar refractivity (Wildman–Crippen MR) is 56.1 cm³/mol. The molecular formula is C12H13F4N. The van der Waals surface area contributed by atoms with Crippen LogP contribution in [-0.2, 0) is 12.6 Å². The molecule has 1 fully saturated rings. The van der Waals surface area contributed by atoms with E-state index in [1.54, 1.807) is 0 Å². The number of rotatable bonds is 2. The highest BCUT2D eigenvalue weighted by Gasteiger charge is 2.35. The van der Waals surface area contributed by atoms with Gasteiger partial charge in [0.05, 0.1) is 5.56 Å². The van der Waals surface area contributed by atoms with Gasteiger partial charge in [-0.05, 0) is 43.5 Å². The van der Waals surface area contributed by atoms with Crippen molar-refractivity contribution in [1.82, 2.24) is 5.32 Å². The van der Waals surface area contributed by atoms with E-state index in [9.17, 15) is 17.6 Å². The number of hydrogen-bond acceptors (Lipinski definition) is 1. The third-order valence-electron chi connectivity index (χ3n) is 3.06. The number of alkyl halides is 3. The summed E-state index contributed by atoms with van der Waals surface area (Å²) in [5.74, 6) is -0.889. The Bertz CT molecular complexity index is 394. The smallest absolute Gasteiger partial charge is 0.316 e. The van der Waals surface area contributed by atoms with Crippen molar-refractivity contribution < 1.29 is 17.6 Å². The maximum atomic E-state index is 13.7. The van der Waals surface area contributed by atoms with E-state index in [0.29, 0.717) is 6.42 Å². The Kier molecular flexibility index (Phi) is 3.38. The molecule has 0 aromatic heterocycles. The van der Waals surface area contributed by atoms with E-state index in [1.807, 2.05) is 0 Å². The van der Waals surface area contributed by atoms with Gasteiger partial charge >= 0.3 is 6.18 Å². The van der Waals surface area contributed by atoms with Gasteiger partial charge in [0, 0.05) is 0 Å². The van der Waals surface area contributed by atoms with Crippen LogP contribution >= 0.6 is 0 Å².